The molecule has 3 aromatic rings. The molecule has 0 radical (unpaired) electrons. The second kappa shape index (κ2) is 7.54. The van der Waals surface area contributed by atoms with E-state index in [1.54, 1.807) is 51.5 Å². The molecule has 7 nitrogen and oxygen atoms in total. The summed E-state index contributed by atoms with van der Waals surface area (Å²) < 4.78 is 30.2. The summed E-state index contributed by atoms with van der Waals surface area (Å²) in [6.07, 6.45) is 0.193. The fraction of sp³-hybridized carbons (Fsp3) is 0.286. The Bertz CT molecular complexity index is 1070. The van der Waals surface area contributed by atoms with E-state index in [9.17, 15) is 9.18 Å². The second-order valence-corrected chi connectivity index (χ2v) is 6.89. The average Bonchev–Trinajstić information content (AvgIpc) is 3.34. The number of anilines is 1. The molecule has 4 rings (SSSR count). The minimum absolute atomic E-state index is 0.171. The van der Waals surface area contributed by atoms with Crippen molar-refractivity contribution in [1.82, 2.24) is 10.1 Å². The molecule has 1 amide bonds. The van der Waals surface area contributed by atoms with Gasteiger partial charge in [-0.25, -0.2) is 4.39 Å². The molecule has 150 valence electrons. The van der Waals surface area contributed by atoms with Gasteiger partial charge < -0.3 is 18.9 Å². The minimum atomic E-state index is -0.418. The largest absolute Gasteiger partial charge is 0.493 e. The first-order chi connectivity index (χ1) is 14.0. The third-order valence-corrected chi connectivity index (χ3v) is 4.96. The van der Waals surface area contributed by atoms with Crippen molar-refractivity contribution in [3.63, 3.8) is 0 Å². The molecule has 0 spiro atoms. The van der Waals surface area contributed by atoms with Gasteiger partial charge in [0.15, 0.2) is 17.3 Å². The minimum Gasteiger partial charge on any atom is -0.493 e. The van der Waals surface area contributed by atoms with Crippen molar-refractivity contribution in [2.75, 3.05) is 25.7 Å². The molecule has 8 heteroatoms. The Kier molecular flexibility index (Phi) is 4.92. The summed E-state index contributed by atoms with van der Waals surface area (Å²) in [4.78, 5) is 18.4. The maximum Gasteiger partial charge on any atom is 0.258 e. The van der Waals surface area contributed by atoms with Crippen molar-refractivity contribution in [3.8, 4) is 23.0 Å². The highest BCUT2D eigenvalue weighted by atomic mass is 19.1. The summed E-state index contributed by atoms with van der Waals surface area (Å²) in [6, 6.07) is 10.1. The van der Waals surface area contributed by atoms with Crippen LogP contribution in [0.3, 0.4) is 0 Å². The predicted molar refractivity (Wildman–Crippen MR) is 104 cm³/mol. The number of aromatic nitrogens is 2. The molecular weight excluding hydrogens is 377 g/mol. The number of ether oxygens (including phenoxy) is 2. The van der Waals surface area contributed by atoms with Crippen LogP contribution in [0.1, 0.15) is 23.7 Å². The summed E-state index contributed by atoms with van der Waals surface area (Å²) >= 11 is 0. The molecule has 1 fully saturated rings. The van der Waals surface area contributed by atoms with E-state index in [-0.39, 0.29) is 23.9 Å². The smallest absolute Gasteiger partial charge is 0.258 e. The van der Waals surface area contributed by atoms with Gasteiger partial charge >= 0.3 is 0 Å². The lowest BCUT2D eigenvalue weighted by Crippen LogP contribution is -2.25. The van der Waals surface area contributed by atoms with Crippen LogP contribution in [-0.4, -0.2) is 36.8 Å². The van der Waals surface area contributed by atoms with Crippen LogP contribution in [0.4, 0.5) is 10.1 Å². The molecule has 0 aliphatic carbocycles. The number of halogens is 1. The standard InChI is InChI=1S/C21H20FN3O4/c1-12-4-6-16(15(22)8-12)25-11-14(10-19(25)26)20-23-21(29-24-20)13-5-7-17(27-2)18(9-13)28-3/h4-9,14H,10-11H2,1-3H3. The highest BCUT2D eigenvalue weighted by Gasteiger charge is 2.35. The van der Waals surface area contributed by atoms with Crippen molar-refractivity contribution >= 4 is 11.6 Å². The van der Waals surface area contributed by atoms with Crippen molar-refractivity contribution < 1.29 is 23.2 Å². The Hall–Kier alpha value is -3.42. The van der Waals surface area contributed by atoms with Crippen LogP contribution in [0, 0.1) is 12.7 Å². The van der Waals surface area contributed by atoms with E-state index in [0.29, 0.717) is 35.3 Å². The summed E-state index contributed by atoms with van der Waals surface area (Å²) in [5.41, 5.74) is 1.74. The quantitative estimate of drug-likeness (QED) is 0.653. The molecule has 29 heavy (non-hydrogen) atoms. The summed E-state index contributed by atoms with van der Waals surface area (Å²) in [5, 5.41) is 4.04. The predicted octanol–water partition coefficient (Wildman–Crippen LogP) is 3.72. The Morgan fingerprint density at radius 1 is 1.14 bits per heavy atom. The fourth-order valence-electron chi connectivity index (χ4n) is 3.43. The van der Waals surface area contributed by atoms with Gasteiger partial charge in [-0.2, -0.15) is 4.98 Å². The number of hydrogen-bond acceptors (Lipinski definition) is 6. The zero-order valence-corrected chi connectivity index (χ0v) is 16.3. The Morgan fingerprint density at radius 3 is 2.66 bits per heavy atom. The number of rotatable bonds is 5. The molecular formula is C21H20FN3O4. The van der Waals surface area contributed by atoms with Gasteiger partial charge in [0.05, 0.1) is 19.9 Å². The van der Waals surface area contributed by atoms with Gasteiger partial charge in [0.2, 0.25) is 5.91 Å². The van der Waals surface area contributed by atoms with Gasteiger partial charge in [-0.05, 0) is 42.8 Å². The number of amides is 1. The first-order valence-electron chi connectivity index (χ1n) is 9.12. The van der Waals surface area contributed by atoms with E-state index in [1.807, 2.05) is 0 Å². The average molecular weight is 397 g/mol. The van der Waals surface area contributed by atoms with Crippen LogP contribution in [0.2, 0.25) is 0 Å². The topological polar surface area (TPSA) is 77.7 Å². The second-order valence-electron chi connectivity index (χ2n) is 6.89. The van der Waals surface area contributed by atoms with Gasteiger partial charge in [0.25, 0.3) is 5.89 Å². The number of methoxy groups -OCH3 is 2. The lowest BCUT2D eigenvalue weighted by Gasteiger charge is -2.17. The number of carbonyl (C=O) groups is 1. The van der Waals surface area contributed by atoms with Crippen LogP contribution in [-0.2, 0) is 4.79 Å². The Morgan fingerprint density at radius 2 is 1.93 bits per heavy atom. The fourth-order valence-corrected chi connectivity index (χ4v) is 3.43. The van der Waals surface area contributed by atoms with Crippen molar-refractivity contribution in [2.24, 2.45) is 0 Å². The molecule has 1 aromatic heterocycles. The normalized spacial score (nSPS) is 16.3. The van der Waals surface area contributed by atoms with Gasteiger partial charge in [0.1, 0.15) is 5.82 Å². The van der Waals surface area contributed by atoms with Gasteiger partial charge in [-0.15, -0.1) is 0 Å². The van der Waals surface area contributed by atoms with Crippen LogP contribution < -0.4 is 14.4 Å². The maximum absolute atomic E-state index is 14.3. The SMILES string of the molecule is COc1ccc(-c2nc(C3CC(=O)N(c4ccc(C)cc4F)C3)no2)cc1OC. The van der Waals surface area contributed by atoms with E-state index in [2.05, 4.69) is 10.1 Å². The Labute approximate surface area is 167 Å². The summed E-state index contributed by atoms with van der Waals surface area (Å²) in [7, 11) is 3.10. The molecule has 2 aromatic carbocycles. The van der Waals surface area contributed by atoms with Gasteiger partial charge in [-0.1, -0.05) is 11.2 Å². The van der Waals surface area contributed by atoms with Gasteiger partial charge in [0, 0.05) is 24.4 Å². The van der Waals surface area contributed by atoms with E-state index >= 15 is 0 Å². The molecule has 0 bridgehead atoms. The molecule has 1 atom stereocenters. The number of nitrogens with zero attached hydrogens (tertiary/aromatic N) is 3. The number of benzene rings is 2. The van der Waals surface area contributed by atoms with E-state index in [1.165, 1.54) is 11.0 Å². The summed E-state index contributed by atoms with van der Waals surface area (Å²) in [6.45, 7) is 2.10. The first-order valence-corrected chi connectivity index (χ1v) is 9.12. The number of hydrogen-bond donors (Lipinski definition) is 0. The maximum atomic E-state index is 14.3. The highest BCUT2D eigenvalue weighted by Crippen LogP contribution is 2.35. The highest BCUT2D eigenvalue weighted by molar-refractivity contribution is 5.96. The number of carbonyl (C=O) groups excluding carboxylic acids is 1. The van der Waals surface area contributed by atoms with Crippen LogP contribution in [0.15, 0.2) is 40.9 Å². The van der Waals surface area contributed by atoms with E-state index in [0.717, 1.165) is 5.56 Å². The first kappa shape index (κ1) is 18.9. The Balaban J connectivity index is 1.57. The number of aryl methyl sites for hydroxylation is 1. The van der Waals surface area contributed by atoms with Crippen LogP contribution in [0.5, 0.6) is 11.5 Å². The van der Waals surface area contributed by atoms with E-state index < -0.39 is 5.82 Å². The molecule has 1 aliphatic rings. The molecule has 0 saturated carbocycles. The van der Waals surface area contributed by atoms with Crippen LogP contribution >= 0.6 is 0 Å². The molecule has 1 unspecified atom stereocenters. The zero-order valence-electron chi connectivity index (χ0n) is 16.3. The van der Waals surface area contributed by atoms with E-state index in [4.69, 9.17) is 14.0 Å². The van der Waals surface area contributed by atoms with Crippen LogP contribution in [0.25, 0.3) is 11.5 Å². The van der Waals surface area contributed by atoms with Crippen molar-refractivity contribution in [2.45, 2.75) is 19.3 Å². The third-order valence-electron chi connectivity index (χ3n) is 4.96. The van der Waals surface area contributed by atoms with Gasteiger partial charge in [-0.3, -0.25) is 4.79 Å². The zero-order chi connectivity index (χ0) is 20.5. The molecule has 1 aliphatic heterocycles. The molecule has 1 saturated heterocycles. The summed E-state index contributed by atoms with van der Waals surface area (Å²) in [5.74, 6) is 0.996. The monoisotopic (exact) mass is 397 g/mol. The lowest BCUT2D eigenvalue weighted by molar-refractivity contribution is -0.117. The molecule has 0 N–H and O–H groups in total. The van der Waals surface area contributed by atoms with Crippen molar-refractivity contribution in [1.29, 1.82) is 0 Å². The lowest BCUT2D eigenvalue weighted by atomic mass is 10.1. The van der Waals surface area contributed by atoms with Crippen molar-refractivity contribution in [3.05, 3.63) is 53.6 Å². The molecule has 2 heterocycles. The third kappa shape index (κ3) is 3.53.